The maximum Gasteiger partial charge on any atom is 0.126 e. The zero-order chi connectivity index (χ0) is 9.90. The number of carbonyl (C=O) groups is 1. The monoisotopic (exact) mass is 180 g/mol. The molecule has 1 rings (SSSR count). The Labute approximate surface area is 81.2 Å². The van der Waals surface area contributed by atoms with E-state index in [1.54, 1.807) is 0 Å². The van der Waals surface area contributed by atoms with Gasteiger partial charge in [0.05, 0.1) is 0 Å². The Hall–Kier alpha value is -0.590. The maximum atomic E-state index is 11.1. The van der Waals surface area contributed by atoms with E-state index in [0.717, 1.165) is 12.8 Å². The molecular formula is C12H20O. The van der Waals surface area contributed by atoms with Crippen LogP contribution in [-0.4, -0.2) is 6.29 Å². The molecular weight excluding hydrogens is 160 g/mol. The van der Waals surface area contributed by atoms with Crippen molar-refractivity contribution in [3.8, 4) is 0 Å². The van der Waals surface area contributed by atoms with E-state index in [4.69, 9.17) is 0 Å². The van der Waals surface area contributed by atoms with Crippen LogP contribution >= 0.6 is 0 Å². The first-order valence-corrected chi connectivity index (χ1v) is 5.20. The third kappa shape index (κ3) is 2.20. The van der Waals surface area contributed by atoms with Gasteiger partial charge < -0.3 is 4.79 Å². The summed E-state index contributed by atoms with van der Waals surface area (Å²) in [6.45, 7) is 6.40. The summed E-state index contributed by atoms with van der Waals surface area (Å²) in [6.07, 6.45) is 7.87. The second-order valence-electron chi connectivity index (χ2n) is 4.63. The minimum Gasteiger partial charge on any atom is -0.303 e. The summed E-state index contributed by atoms with van der Waals surface area (Å²) in [7, 11) is 0. The second-order valence-corrected chi connectivity index (χ2v) is 4.63. The lowest BCUT2D eigenvalue weighted by Gasteiger charge is -2.26. The van der Waals surface area contributed by atoms with Gasteiger partial charge in [-0.1, -0.05) is 25.0 Å². The molecule has 0 bridgehead atoms. The first-order valence-electron chi connectivity index (χ1n) is 5.20. The van der Waals surface area contributed by atoms with Crippen LogP contribution in [0.2, 0.25) is 0 Å². The standard InChI is InChI=1S/C12H20O/c1-10(2)6-8-12(9-13)7-4-5-11(12)3/h6,9,11H,4-5,7-8H2,1-3H3. The molecule has 0 N–H and O–H groups in total. The fraction of sp³-hybridized carbons (Fsp3) is 0.750. The average molecular weight is 180 g/mol. The molecule has 0 heterocycles. The number of hydrogen-bond donors (Lipinski definition) is 0. The highest BCUT2D eigenvalue weighted by Crippen LogP contribution is 2.44. The predicted molar refractivity (Wildman–Crippen MR) is 55.6 cm³/mol. The van der Waals surface area contributed by atoms with Gasteiger partial charge in [-0.2, -0.15) is 0 Å². The third-order valence-electron chi connectivity index (χ3n) is 3.39. The molecule has 0 saturated heterocycles. The van der Waals surface area contributed by atoms with Gasteiger partial charge in [0.25, 0.3) is 0 Å². The van der Waals surface area contributed by atoms with Crippen molar-refractivity contribution in [3.05, 3.63) is 11.6 Å². The van der Waals surface area contributed by atoms with Crippen molar-refractivity contribution in [1.29, 1.82) is 0 Å². The van der Waals surface area contributed by atoms with E-state index in [-0.39, 0.29) is 5.41 Å². The molecule has 1 fully saturated rings. The number of rotatable bonds is 3. The quantitative estimate of drug-likeness (QED) is 0.481. The average Bonchev–Trinajstić information content (AvgIpc) is 2.45. The van der Waals surface area contributed by atoms with Crippen molar-refractivity contribution >= 4 is 6.29 Å². The molecule has 0 radical (unpaired) electrons. The lowest BCUT2D eigenvalue weighted by Crippen LogP contribution is -2.24. The highest BCUT2D eigenvalue weighted by atomic mass is 16.1. The molecule has 0 aromatic rings. The minimum atomic E-state index is -0.0305. The van der Waals surface area contributed by atoms with Crippen molar-refractivity contribution in [2.24, 2.45) is 11.3 Å². The molecule has 74 valence electrons. The minimum absolute atomic E-state index is 0.0305. The van der Waals surface area contributed by atoms with Crippen molar-refractivity contribution in [2.45, 2.75) is 46.5 Å². The van der Waals surface area contributed by atoms with Gasteiger partial charge >= 0.3 is 0 Å². The highest BCUT2D eigenvalue weighted by Gasteiger charge is 2.38. The van der Waals surface area contributed by atoms with Gasteiger partial charge in [0, 0.05) is 5.41 Å². The highest BCUT2D eigenvalue weighted by molar-refractivity contribution is 5.61. The zero-order valence-corrected chi connectivity index (χ0v) is 8.97. The molecule has 0 aromatic heterocycles. The number of hydrogen-bond acceptors (Lipinski definition) is 1. The van der Waals surface area contributed by atoms with Gasteiger partial charge in [-0.05, 0) is 39.0 Å². The van der Waals surface area contributed by atoms with Crippen LogP contribution in [0.5, 0.6) is 0 Å². The summed E-state index contributed by atoms with van der Waals surface area (Å²) in [4.78, 5) is 11.1. The lowest BCUT2D eigenvalue weighted by atomic mass is 9.77. The van der Waals surface area contributed by atoms with E-state index in [0.29, 0.717) is 5.92 Å². The van der Waals surface area contributed by atoms with Crippen LogP contribution in [0.4, 0.5) is 0 Å². The summed E-state index contributed by atoms with van der Waals surface area (Å²) in [5.41, 5.74) is 1.29. The Morgan fingerprint density at radius 1 is 1.54 bits per heavy atom. The van der Waals surface area contributed by atoms with Crippen LogP contribution in [-0.2, 0) is 4.79 Å². The molecule has 2 unspecified atom stereocenters. The zero-order valence-electron chi connectivity index (χ0n) is 8.97. The molecule has 0 aromatic carbocycles. The maximum absolute atomic E-state index is 11.1. The van der Waals surface area contributed by atoms with Gasteiger partial charge in [-0.25, -0.2) is 0 Å². The van der Waals surface area contributed by atoms with Crippen LogP contribution in [0, 0.1) is 11.3 Å². The normalized spacial score (nSPS) is 33.0. The summed E-state index contributed by atoms with van der Waals surface area (Å²) in [5.74, 6) is 0.570. The van der Waals surface area contributed by atoms with Crippen LogP contribution in [0.15, 0.2) is 11.6 Å². The molecule has 0 aliphatic heterocycles. The van der Waals surface area contributed by atoms with Crippen LogP contribution in [0.25, 0.3) is 0 Å². The predicted octanol–water partition coefficient (Wildman–Crippen LogP) is 3.35. The lowest BCUT2D eigenvalue weighted by molar-refractivity contribution is -0.117. The molecule has 13 heavy (non-hydrogen) atoms. The number of aldehydes is 1. The molecule has 1 aliphatic carbocycles. The van der Waals surface area contributed by atoms with E-state index >= 15 is 0 Å². The van der Waals surface area contributed by atoms with Gasteiger partial charge in [0.2, 0.25) is 0 Å². The second kappa shape index (κ2) is 4.08. The van der Waals surface area contributed by atoms with E-state index in [1.165, 1.54) is 24.7 Å². The summed E-state index contributed by atoms with van der Waals surface area (Å²) in [6, 6.07) is 0. The van der Waals surface area contributed by atoms with E-state index in [9.17, 15) is 4.79 Å². The Balaban J connectivity index is 2.70. The largest absolute Gasteiger partial charge is 0.303 e. The number of allylic oxidation sites excluding steroid dienone is 2. The van der Waals surface area contributed by atoms with Crippen LogP contribution in [0.1, 0.15) is 46.5 Å². The molecule has 2 atom stereocenters. The first-order chi connectivity index (χ1) is 6.10. The topological polar surface area (TPSA) is 17.1 Å². The molecule has 1 heteroatoms. The van der Waals surface area contributed by atoms with Gasteiger partial charge in [-0.15, -0.1) is 0 Å². The third-order valence-corrected chi connectivity index (χ3v) is 3.39. The Bertz CT molecular complexity index is 213. The SMILES string of the molecule is CC(C)=CCC1(C=O)CCCC1C. The van der Waals surface area contributed by atoms with Crippen LogP contribution in [0.3, 0.4) is 0 Å². The molecule has 1 aliphatic rings. The van der Waals surface area contributed by atoms with E-state index in [1.807, 2.05) is 0 Å². The fourth-order valence-electron chi connectivity index (χ4n) is 2.19. The smallest absolute Gasteiger partial charge is 0.126 e. The van der Waals surface area contributed by atoms with Gasteiger partial charge in [0.15, 0.2) is 0 Å². The fourth-order valence-corrected chi connectivity index (χ4v) is 2.19. The summed E-state index contributed by atoms with van der Waals surface area (Å²) >= 11 is 0. The summed E-state index contributed by atoms with van der Waals surface area (Å²) in [5, 5.41) is 0. The van der Waals surface area contributed by atoms with Gasteiger partial charge in [0.1, 0.15) is 6.29 Å². The molecule has 0 spiro atoms. The van der Waals surface area contributed by atoms with E-state index < -0.39 is 0 Å². The molecule has 0 amide bonds. The Morgan fingerprint density at radius 2 is 2.23 bits per heavy atom. The Morgan fingerprint density at radius 3 is 2.62 bits per heavy atom. The first kappa shape index (κ1) is 10.5. The van der Waals surface area contributed by atoms with Crippen molar-refractivity contribution in [2.75, 3.05) is 0 Å². The summed E-state index contributed by atoms with van der Waals surface area (Å²) < 4.78 is 0. The van der Waals surface area contributed by atoms with Crippen LogP contribution < -0.4 is 0 Å². The molecule has 1 saturated carbocycles. The van der Waals surface area contributed by atoms with Crippen molar-refractivity contribution < 1.29 is 4.79 Å². The van der Waals surface area contributed by atoms with Crippen molar-refractivity contribution in [3.63, 3.8) is 0 Å². The number of carbonyl (C=O) groups excluding carboxylic acids is 1. The van der Waals surface area contributed by atoms with E-state index in [2.05, 4.69) is 26.8 Å². The van der Waals surface area contributed by atoms with Gasteiger partial charge in [-0.3, -0.25) is 0 Å². The van der Waals surface area contributed by atoms with Crippen molar-refractivity contribution in [1.82, 2.24) is 0 Å². The molecule has 1 nitrogen and oxygen atoms in total. The Kier molecular flexibility index (Phi) is 3.29.